The van der Waals surface area contributed by atoms with E-state index in [0.717, 1.165) is 12.2 Å². The molecule has 0 spiro atoms. The van der Waals surface area contributed by atoms with Gasteiger partial charge in [0.15, 0.2) is 4.32 Å². The lowest BCUT2D eigenvalue weighted by Crippen LogP contribution is -2.40. The molecule has 0 bridgehead atoms. The van der Waals surface area contributed by atoms with E-state index in [1.165, 1.54) is 11.8 Å². The molecule has 16 heavy (non-hydrogen) atoms. The summed E-state index contributed by atoms with van der Waals surface area (Å²) in [5, 5.41) is 0. The number of carbonyl (C=O) groups excluding carboxylic acids is 1. The van der Waals surface area contributed by atoms with Gasteiger partial charge in [0.25, 0.3) is 5.91 Å². The standard InChI is InChI=1S/C10H13N3OS2/c1-2-7-16-10(15)13-12-9(14)8-5-3-4-6-11-8/h3-6H,2,7H2,1H3,(H,12,14)(H,13,15). The van der Waals surface area contributed by atoms with Crippen LogP contribution in [0.2, 0.25) is 0 Å². The second kappa shape index (κ2) is 7.19. The molecule has 0 saturated heterocycles. The van der Waals surface area contributed by atoms with Crippen LogP contribution in [0.5, 0.6) is 0 Å². The predicted octanol–water partition coefficient (Wildman–Crippen LogP) is 1.74. The van der Waals surface area contributed by atoms with Gasteiger partial charge in [-0.3, -0.25) is 20.6 Å². The topological polar surface area (TPSA) is 54.0 Å². The number of carbonyl (C=O) groups is 1. The van der Waals surface area contributed by atoms with E-state index in [2.05, 4.69) is 22.8 Å². The first-order valence-electron chi connectivity index (χ1n) is 4.88. The van der Waals surface area contributed by atoms with Crippen molar-refractivity contribution >= 4 is 34.2 Å². The van der Waals surface area contributed by atoms with E-state index in [9.17, 15) is 4.79 Å². The summed E-state index contributed by atoms with van der Waals surface area (Å²) in [6.45, 7) is 2.07. The Morgan fingerprint density at radius 2 is 2.31 bits per heavy atom. The Hall–Kier alpha value is -1.14. The van der Waals surface area contributed by atoms with Gasteiger partial charge < -0.3 is 0 Å². The molecule has 1 aromatic rings. The fraction of sp³-hybridized carbons (Fsp3) is 0.300. The normalized spacial score (nSPS) is 9.56. The van der Waals surface area contributed by atoms with Crippen molar-refractivity contribution in [2.45, 2.75) is 13.3 Å². The minimum absolute atomic E-state index is 0.292. The second-order valence-electron chi connectivity index (χ2n) is 2.93. The van der Waals surface area contributed by atoms with Crippen LogP contribution in [-0.2, 0) is 0 Å². The quantitative estimate of drug-likeness (QED) is 0.636. The monoisotopic (exact) mass is 255 g/mol. The number of rotatable bonds is 3. The highest BCUT2D eigenvalue weighted by molar-refractivity contribution is 8.22. The van der Waals surface area contributed by atoms with Crippen molar-refractivity contribution in [3.05, 3.63) is 30.1 Å². The van der Waals surface area contributed by atoms with Crippen molar-refractivity contribution < 1.29 is 4.79 Å². The number of hydrogen-bond acceptors (Lipinski definition) is 4. The number of hydrazine groups is 1. The Morgan fingerprint density at radius 3 is 2.94 bits per heavy atom. The first-order valence-corrected chi connectivity index (χ1v) is 6.27. The van der Waals surface area contributed by atoms with Gasteiger partial charge in [-0.1, -0.05) is 37.0 Å². The number of pyridine rings is 1. The van der Waals surface area contributed by atoms with Crippen LogP contribution in [0, 0.1) is 0 Å². The van der Waals surface area contributed by atoms with Gasteiger partial charge in [0.1, 0.15) is 5.69 Å². The molecular weight excluding hydrogens is 242 g/mol. The number of nitrogens with zero attached hydrogens (tertiary/aromatic N) is 1. The van der Waals surface area contributed by atoms with E-state index in [1.54, 1.807) is 24.4 Å². The van der Waals surface area contributed by atoms with E-state index < -0.39 is 0 Å². The van der Waals surface area contributed by atoms with Gasteiger partial charge in [-0.15, -0.1) is 0 Å². The highest BCUT2D eigenvalue weighted by atomic mass is 32.2. The maximum atomic E-state index is 11.5. The molecule has 0 atom stereocenters. The van der Waals surface area contributed by atoms with Crippen molar-refractivity contribution in [3.63, 3.8) is 0 Å². The number of aromatic nitrogens is 1. The van der Waals surface area contributed by atoms with E-state index >= 15 is 0 Å². The lowest BCUT2D eigenvalue weighted by atomic mass is 10.3. The molecule has 1 heterocycles. The largest absolute Gasteiger partial charge is 0.288 e. The lowest BCUT2D eigenvalue weighted by Gasteiger charge is -2.07. The van der Waals surface area contributed by atoms with Gasteiger partial charge in [0.2, 0.25) is 0 Å². The van der Waals surface area contributed by atoms with E-state index in [4.69, 9.17) is 12.2 Å². The molecule has 1 rings (SSSR count). The van der Waals surface area contributed by atoms with Crippen molar-refractivity contribution in [2.24, 2.45) is 0 Å². The molecule has 0 unspecified atom stereocenters. The van der Waals surface area contributed by atoms with Gasteiger partial charge in [-0.2, -0.15) is 0 Å². The van der Waals surface area contributed by atoms with E-state index in [-0.39, 0.29) is 5.91 Å². The average molecular weight is 255 g/mol. The number of hydrogen-bond donors (Lipinski definition) is 2. The second-order valence-corrected chi connectivity index (χ2v) is 4.70. The van der Waals surface area contributed by atoms with Gasteiger partial charge in [-0.25, -0.2) is 0 Å². The summed E-state index contributed by atoms with van der Waals surface area (Å²) in [7, 11) is 0. The molecule has 2 N–H and O–H groups in total. The molecule has 0 aliphatic carbocycles. The van der Waals surface area contributed by atoms with Crippen LogP contribution in [0.4, 0.5) is 0 Å². The minimum atomic E-state index is -0.292. The SMILES string of the molecule is CCCSC(=S)NNC(=O)c1ccccn1. The molecule has 0 fully saturated rings. The zero-order valence-corrected chi connectivity index (χ0v) is 10.5. The molecule has 4 nitrogen and oxygen atoms in total. The van der Waals surface area contributed by atoms with Gasteiger partial charge >= 0.3 is 0 Å². The Morgan fingerprint density at radius 1 is 1.50 bits per heavy atom. The van der Waals surface area contributed by atoms with Crippen molar-refractivity contribution in [1.82, 2.24) is 15.8 Å². The zero-order chi connectivity index (χ0) is 11.8. The van der Waals surface area contributed by atoms with Crippen LogP contribution in [0.1, 0.15) is 23.8 Å². The number of amides is 1. The molecule has 6 heteroatoms. The summed E-state index contributed by atoms with van der Waals surface area (Å²) in [6.07, 6.45) is 2.61. The van der Waals surface area contributed by atoms with Crippen molar-refractivity contribution in [1.29, 1.82) is 0 Å². The summed E-state index contributed by atoms with van der Waals surface area (Å²) in [6, 6.07) is 5.15. The average Bonchev–Trinajstić information content (AvgIpc) is 2.34. The Kier molecular flexibility index (Phi) is 5.81. The summed E-state index contributed by atoms with van der Waals surface area (Å²) in [5.41, 5.74) is 5.52. The third kappa shape index (κ3) is 4.59. The van der Waals surface area contributed by atoms with Crippen LogP contribution in [0.25, 0.3) is 0 Å². The van der Waals surface area contributed by atoms with Crippen LogP contribution < -0.4 is 10.9 Å². The molecule has 0 aromatic carbocycles. The minimum Gasteiger partial charge on any atom is -0.283 e. The van der Waals surface area contributed by atoms with Crippen molar-refractivity contribution in [3.8, 4) is 0 Å². The summed E-state index contributed by atoms with van der Waals surface area (Å²) in [4.78, 5) is 15.4. The van der Waals surface area contributed by atoms with Crippen LogP contribution in [-0.4, -0.2) is 21.0 Å². The Balaban J connectivity index is 2.33. The van der Waals surface area contributed by atoms with Crippen LogP contribution in [0.15, 0.2) is 24.4 Å². The first kappa shape index (κ1) is 12.9. The molecule has 1 aromatic heterocycles. The molecular formula is C10H13N3OS2. The smallest absolute Gasteiger partial charge is 0.283 e. The summed E-state index contributed by atoms with van der Waals surface area (Å²) < 4.78 is 0.561. The maximum Gasteiger partial charge on any atom is 0.288 e. The number of thiocarbonyl (C=S) groups is 1. The predicted molar refractivity (Wildman–Crippen MR) is 70.2 cm³/mol. The summed E-state index contributed by atoms with van der Waals surface area (Å²) in [5.74, 6) is 0.644. The molecule has 0 aliphatic heterocycles. The third-order valence-corrected chi connectivity index (χ3v) is 3.05. The van der Waals surface area contributed by atoms with Gasteiger partial charge in [0.05, 0.1) is 0 Å². The zero-order valence-electron chi connectivity index (χ0n) is 8.90. The molecule has 1 amide bonds. The summed E-state index contributed by atoms with van der Waals surface area (Å²) >= 11 is 6.50. The van der Waals surface area contributed by atoms with Gasteiger partial charge in [-0.05, 0) is 18.6 Å². The number of nitrogens with one attached hydrogen (secondary N) is 2. The lowest BCUT2D eigenvalue weighted by molar-refractivity contribution is 0.0939. The Labute approximate surface area is 104 Å². The molecule has 0 aliphatic rings. The molecule has 0 radical (unpaired) electrons. The van der Waals surface area contributed by atoms with Gasteiger partial charge in [0, 0.05) is 11.9 Å². The molecule has 86 valence electrons. The highest BCUT2D eigenvalue weighted by Crippen LogP contribution is 2.02. The Bertz CT molecular complexity index is 356. The van der Waals surface area contributed by atoms with E-state index in [0.29, 0.717) is 10.0 Å². The molecule has 0 saturated carbocycles. The van der Waals surface area contributed by atoms with E-state index in [1.807, 2.05) is 0 Å². The third-order valence-electron chi connectivity index (χ3n) is 1.61. The first-order chi connectivity index (χ1) is 7.74. The fourth-order valence-electron chi connectivity index (χ4n) is 0.900. The van der Waals surface area contributed by atoms with Crippen molar-refractivity contribution in [2.75, 3.05) is 5.75 Å². The van der Waals surface area contributed by atoms with Crippen LogP contribution >= 0.6 is 24.0 Å². The maximum absolute atomic E-state index is 11.5. The number of thioether (sulfide) groups is 1. The highest BCUT2D eigenvalue weighted by Gasteiger charge is 2.05. The van der Waals surface area contributed by atoms with Crippen LogP contribution in [0.3, 0.4) is 0 Å². The fourth-order valence-corrected chi connectivity index (χ4v) is 1.71.